The number of ether oxygens (including phenoxy) is 3. The van der Waals surface area contributed by atoms with Crippen molar-refractivity contribution in [3.05, 3.63) is 29.3 Å². The van der Waals surface area contributed by atoms with E-state index in [2.05, 4.69) is 20.4 Å². The van der Waals surface area contributed by atoms with E-state index in [4.69, 9.17) is 9.47 Å². The Morgan fingerprint density at radius 1 is 1.15 bits per heavy atom. The molecule has 0 aliphatic rings. The first-order valence-corrected chi connectivity index (χ1v) is 8.62. The fourth-order valence-corrected chi connectivity index (χ4v) is 2.24. The maximum Gasteiger partial charge on any atom is 0.387 e. The standard InChI is InChI=1S/C18H29F2N3O3/c1-14-6-7-16(26-17(19)20)15(12-14)13-23-18(21-2)22-8-4-5-9-25-11-10-24-3/h6-7,12,17H,4-5,8-11,13H2,1-3H3,(H2,21,22,23). The molecule has 2 N–H and O–H groups in total. The van der Waals surface area contributed by atoms with E-state index in [-0.39, 0.29) is 5.75 Å². The van der Waals surface area contributed by atoms with Gasteiger partial charge in [0.05, 0.1) is 13.2 Å². The Morgan fingerprint density at radius 3 is 2.65 bits per heavy atom. The summed E-state index contributed by atoms with van der Waals surface area (Å²) >= 11 is 0. The second-order valence-electron chi connectivity index (χ2n) is 5.65. The van der Waals surface area contributed by atoms with Crippen molar-refractivity contribution in [1.29, 1.82) is 0 Å². The molecule has 0 unspecified atom stereocenters. The van der Waals surface area contributed by atoms with Gasteiger partial charge in [0.15, 0.2) is 5.96 Å². The number of nitrogens with one attached hydrogen (secondary N) is 2. The van der Waals surface area contributed by atoms with E-state index in [1.54, 1.807) is 26.3 Å². The van der Waals surface area contributed by atoms with Gasteiger partial charge in [0, 0.05) is 39.4 Å². The number of nitrogens with zero attached hydrogens (tertiary/aromatic N) is 1. The zero-order valence-electron chi connectivity index (χ0n) is 15.7. The molecule has 8 heteroatoms. The van der Waals surface area contributed by atoms with Crippen LogP contribution in [0.4, 0.5) is 8.78 Å². The zero-order valence-corrected chi connectivity index (χ0v) is 15.7. The Bertz CT molecular complexity index is 542. The number of hydrogen-bond acceptors (Lipinski definition) is 4. The molecule has 0 aliphatic heterocycles. The Kier molecular flexibility index (Phi) is 11.3. The van der Waals surface area contributed by atoms with Crippen LogP contribution in [0.25, 0.3) is 0 Å². The Hall–Kier alpha value is -1.93. The van der Waals surface area contributed by atoms with Crippen molar-refractivity contribution in [2.45, 2.75) is 32.9 Å². The summed E-state index contributed by atoms with van der Waals surface area (Å²) in [5, 5.41) is 6.30. The molecule has 0 radical (unpaired) electrons. The molecule has 1 aromatic rings. The number of alkyl halides is 2. The fraction of sp³-hybridized carbons (Fsp3) is 0.611. The van der Waals surface area contributed by atoms with Crippen LogP contribution in [-0.2, 0) is 16.0 Å². The highest BCUT2D eigenvalue weighted by molar-refractivity contribution is 5.79. The maximum absolute atomic E-state index is 12.5. The van der Waals surface area contributed by atoms with Crippen LogP contribution in [0.2, 0.25) is 0 Å². The molecule has 0 saturated carbocycles. The molecule has 0 fully saturated rings. The quantitative estimate of drug-likeness (QED) is 0.335. The summed E-state index contributed by atoms with van der Waals surface area (Å²) in [6.45, 7) is 2.02. The van der Waals surface area contributed by atoms with Crippen LogP contribution in [-0.4, -0.2) is 53.1 Å². The minimum Gasteiger partial charge on any atom is -0.434 e. The number of benzene rings is 1. The Labute approximate surface area is 153 Å². The van der Waals surface area contributed by atoms with Crippen LogP contribution in [0.3, 0.4) is 0 Å². The molecular weight excluding hydrogens is 344 g/mol. The average molecular weight is 373 g/mol. The molecule has 1 aromatic carbocycles. The van der Waals surface area contributed by atoms with Crippen LogP contribution < -0.4 is 15.4 Å². The van der Waals surface area contributed by atoms with Gasteiger partial charge in [-0.15, -0.1) is 0 Å². The Morgan fingerprint density at radius 2 is 1.96 bits per heavy atom. The van der Waals surface area contributed by atoms with Crippen molar-refractivity contribution in [3.63, 3.8) is 0 Å². The first-order chi connectivity index (χ1) is 12.6. The van der Waals surface area contributed by atoms with E-state index in [0.29, 0.717) is 37.9 Å². The molecule has 0 aromatic heterocycles. The number of halogens is 2. The summed E-state index contributed by atoms with van der Waals surface area (Å²) in [6.07, 6.45) is 1.86. The van der Waals surface area contributed by atoms with Gasteiger partial charge in [0.2, 0.25) is 0 Å². The SMILES string of the molecule is CN=C(NCCCCOCCOC)NCc1cc(C)ccc1OC(F)F. The number of unbranched alkanes of at least 4 members (excludes halogenated alkanes) is 1. The van der Waals surface area contributed by atoms with Gasteiger partial charge in [-0.2, -0.15) is 8.78 Å². The lowest BCUT2D eigenvalue weighted by Crippen LogP contribution is -2.37. The van der Waals surface area contributed by atoms with E-state index in [0.717, 1.165) is 24.9 Å². The van der Waals surface area contributed by atoms with E-state index >= 15 is 0 Å². The summed E-state index contributed by atoms with van der Waals surface area (Å²) in [6, 6.07) is 5.11. The van der Waals surface area contributed by atoms with E-state index in [1.165, 1.54) is 0 Å². The monoisotopic (exact) mass is 373 g/mol. The van der Waals surface area contributed by atoms with Crippen LogP contribution >= 0.6 is 0 Å². The topological polar surface area (TPSA) is 64.1 Å². The summed E-state index contributed by atoms with van der Waals surface area (Å²) in [4.78, 5) is 4.13. The number of methoxy groups -OCH3 is 1. The highest BCUT2D eigenvalue weighted by Crippen LogP contribution is 2.21. The summed E-state index contributed by atoms with van der Waals surface area (Å²) < 4.78 is 39.9. The minimum absolute atomic E-state index is 0.168. The lowest BCUT2D eigenvalue weighted by molar-refractivity contribution is -0.0504. The number of aliphatic imine (C=N–C) groups is 1. The third kappa shape index (κ3) is 9.53. The highest BCUT2D eigenvalue weighted by Gasteiger charge is 2.10. The number of aryl methyl sites for hydroxylation is 1. The summed E-state index contributed by atoms with van der Waals surface area (Å²) in [5.41, 5.74) is 1.62. The van der Waals surface area contributed by atoms with Gasteiger partial charge in [-0.3, -0.25) is 4.99 Å². The summed E-state index contributed by atoms with van der Waals surface area (Å²) in [7, 11) is 3.31. The lowest BCUT2D eigenvalue weighted by atomic mass is 10.1. The molecule has 0 saturated heterocycles. The lowest BCUT2D eigenvalue weighted by Gasteiger charge is -2.15. The van der Waals surface area contributed by atoms with Gasteiger partial charge in [-0.05, 0) is 25.8 Å². The van der Waals surface area contributed by atoms with Gasteiger partial charge < -0.3 is 24.8 Å². The molecule has 0 atom stereocenters. The molecule has 0 heterocycles. The van der Waals surface area contributed by atoms with Crippen LogP contribution in [0.1, 0.15) is 24.0 Å². The number of rotatable bonds is 12. The molecule has 0 bridgehead atoms. The molecule has 0 aliphatic carbocycles. The normalized spacial score (nSPS) is 11.7. The number of hydrogen-bond donors (Lipinski definition) is 2. The van der Waals surface area contributed by atoms with Crippen LogP contribution in [0.5, 0.6) is 5.75 Å². The van der Waals surface area contributed by atoms with Crippen molar-refractivity contribution in [1.82, 2.24) is 10.6 Å². The van der Waals surface area contributed by atoms with Crippen molar-refractivity contribution >= 4 is 5.96 Å². The molecule has 148 valence electrons. The van der Waals surface area contributed by atoms with Crippen molar-refractivity contribution in [2.24, 2.45) is 4.99 Å². The Balaban J connectivity index is 2.35. The third-order valence-electron chi connectivity index (χ3n) is 3.54. The molecular formula is C18H29F2N3O3. The zero-order chi connectivity index (χ0) is 19.2. The smallest absolute Gasteiger partial charge is 0.387 e. The minimum atomic E-state index is -2.85. The molecule has 0 spiro atoms. The van der Waals surface area contributed by atoms with Gasteiger partial charge >= 0.3 is 6.61 Å². The molecule has 1 rings (SSSR count). The van der Waals surface area contributed by atoms with Gasteiger partial charge in [-0.1, -0.05) is 17.7 Å². The van der Waals surface area contributed by atoms with Crippen LogP contribution in [0.15, 0.2) is 23.2 Å². The predicted octanol–water partition coefficient (Wildman–Crippen LogP) is 2.70. The maximum atomic E-state index is 12.5. The van der Waals surface area contributed by atoms with Gasteiger partial charge in [-0.25, -0.2) is 0 Å². The molecule has 26 heavy (non-hydrogen) atoms. The van der Waals surface area contributed by atoms with Gasteiger partial charge in [0.1, 0.15) is 5.75 Å². The fourth-order valence-electron chi connectivity index (χ4n) is 2.24. The van der Waals surface area contributed by atoms with Crippen LogP contribution in [0, 0.1) is 6.92 Å². The van der Waals surface area contributed by atoms with Gasteiger partial charge in [0.25, 0.3) is 0 Å². The first kappa shape index (κ1) is 22.1. The molecule has 0 amide bonds. The van der Waals surface area contributed by atoms with Crippen molar-refractivity contribution in [2.75, 3.05) is 40.5 Å². The van der Waals surface area contributed by atoms with Crippen molar-refractivity contribution in [3.8, 4) is 5.75 Å². The number of guanidine groups is 1. The average Bonchev–Trinajstić information content (AvgIpc) is 2.61. The van der Waals surface area contributed by atoms with Crippen molar-refractivity contribution < 1.29 is 23.0 Å². The highest BCUT2D eigenvalue weighted by atomic mass is 19.3. The van der Waals surface area contributed by atoms with E-state index < -0.39 is 6.61 Å². The third-order valence-corrected chi connectivity index (χ3v) is 3.54. The van der Waals surface area contributed by atoms with E-state index in [1.807, 2.05) is 13.0 Å². The predicted molar refractivity (Wildman–Crippen MR) is 97.9 cm³/mol. The second-order valence-corrected chi connectivity index (χ2v) is 5.65. The second kappa shape index (κ2) is 13.3. The van der Waals surface area contributed by atoms with E-state index in [9.17, 15) is 8.78 Å². The summed E-state index contributed by atoms with van der Waals surface area (Å²) in [5.74, 6) is 0.775. The molecule has 6 nitrogen and oxygen atoms in total. The first-order valence-electron chi connectivity index (χ1n) is 8.62. The largest absolute Gasteiger partial charge is 0.434 e.